The lowest BCUT2D eigenvalue weighted by molar-refractivity contribution is -0.200. The molecule has 0 bridgehead atoms. The lowest BCUT2D eigenvalue weighted by Crippen LogP contribution is -2.40. The highest BCUT2D eigenvalue weighted by molar-refractivity contribution is 7.91. The van der Waals surface area contributed by atoms with E-state index >= 15 is 0 Å². The zero-order valence-corrected chi connectivity index (χ0v) is 11.6. The van der Waals surface area contributed by atoms with E-state index in [9.17, 15) is 26.4 Å². The summed E-state index contributed by atoms with van der Waals surface area (Å²) < 4.78 is 60.6. The molecule has 1 heterocycles. The molecule has 11 heteroatoms. The van der Waals surface area contributed by atoms with E-state index in [1.807, 2.05) is 0 Å². The largest absolute Gasteiger partial charge is 0.477 e. The monoisotopic (exact) mass is 333 g/mol. The molecule has 3 N–H and O–H groups in total. The highest BCUT2D eigenvalue weighted by Gasteiger charge is 2.38. The van der Waals surface area contributed by atoms with Gasteiger partial charge in [0.1, 0.15) is 9.09 Å². The average Bonchev–Trinajstić information content (AvgIpc) is 2.67. The highest BCUT2D eigenvalue weighted by atomic mass is 32.2. The van der Waals surface area contributed by atoms with E-state index < -0.39 is 39.0 Å². The van der Waals surface area contributed by atoms with Crippen molar-refractivity contribution >= 4 is 27.3 Å². The number of carboxylic acids is 1. The van der Waals surface area contributed by atoms with Crippen molar-refractivity contribution in [1.82, 2.24) is 4.72 Å². The van der Waals surface area contributed by atoms with Crippen LogP contribution in [0.25, 0.3) is 0 Å². The lowest BCUT2D eigenvalue weighted by atomic mass is 10.3. The van der Waals surface area contributed by atoms with E-state index in [0.717, 1.165) is 6.07 Å². The van der Waals surface area contributed by atoms with Gasteiger partial charge in [-0.3, -0.25) is 0 Å². The number of carboxylic acid groups (broad SMARTS) is 1. The maximum atomic E-state index is 12.0. The molecule has 1 rings (SSSR count). The van der Waals surface area contributed by atoms with Gasteiger partial charge in [-0.2, -0.15) is 13.2 Å². The third-order valence-corrected chi connectivity index (χ3v) is 5.32. The molecular formula is C9H10F3NO5S2. The van der Waals surface area contributed by atoms with E-state index in [-0.39, 0.29) is 10.4 Å². The van der Waals surface area contributed by atoms with E-state index in [2.05, 4.69) is 0 Å². The van der Waals surface area contributed by atoms with Crippen LogP contribution in [0, 0.1) is 6.92 Å². The van der Waals surface area contributed by atoms with Crippen molar-refractivity contribution in [2.24, 2.45) is 0 Å². The van der Waals surface area contributed by atoms with Gasteiger partial charge in [0.15, 0.2) is 6.10 Å². The molecule has 0 saturated carbocycles. The number of thiophene rings is 1. The molecule has 0 radical (unpaired) electrons. The van der Waals surface area contributed by atoms with Gasteiger partial charge in [0, 0.05) is 6.54 Å². The number of carbonyl (C=O) groups is 1. The molecule has 114 valence electrons. The molecule has 6 nitrogen and oxygen atoms in total. The third kappa shape index (κ3) is 3.91. The summed E-state index contributed by atoms with van der Waals surface area (Å²) in [6.07, 6.45) is -7.78. The minimum absolute atomic E-state index is 0.180. The highest BCUT2D eigenvalue weighted by Crippen LogP contribution is 2.26. The Morgan fingerprint density at radius 2 is 2.05 bits per heavy atom. The van der Waals surface area contributed by atoms with Crippen LogP contribution in [0.5, 0.6) is 0 Å². The first-order valence-electron chi connectivity index (χ1n) is 5.03. The number of hydrogen-bond acceptors (Lipinski definition) is 5. The maximum Gasteiger partial charge on any atom is 0.415 e. The standard InChI is InChI=1S/C9H10F3NO5S2/c1-4-2-6(19-7(4)8(15)16)20(17,18)13-3-5(14)9(10,11)12/h2,5,13-14H,3H2,1H3,(H,15,16). The van der Waals surface area contributed by atoms with E-state index in [0.29, 0.717) is 11.3 Å². The minimum atomic E-state index is -4.94. The molecule has 0 fully saturated rings. The van der Waals surface area contributed by atoms with Crippen molar-refractivity contribution in [2.45, 2.75) is 23.4 Å². The van der Waals surface area contributed by atoms with Crippen LogP contribution in [0.2, 0.25) is 0 Å². The van der Waals surface area contributed by atoms with Crippen LogP contribution in [0.3, 0.4) is 0 Å². The van der Waals surface area contributed by atoms with Gasteiger partial charge in [-0.15, -0.1) is 11.3 Å². The number of aromatic carboxylic acids is 1. The first-order valence-corrected chi connectivity index (χ1v) is 7.33. The molecule has 0 saturated heterocycles. The summed E-state index contributed by atoms with van der Waals surface area (Å²) >= 11 is 0.421. The Morgan fingerprint density at radius 1 is 1.50 bits per heavy atom. The third-order valence-electron chi connectivity index (χ3n) is 2.20. The van der Waals surface area contributed by atoms with Gasteiger partial charge < -0.3 is 10.2 Å². The van der Waals surface area contributed by atoms with Gasteiger partial charge in [0.25, 0.3) is 0 Å². The van der Waals surface area contributed by atoms with Gasteiger partial charge in [-0.05, 0) is 18.6 Å². The Bertz CT molecular complexity index is 608. The zero-order chi connectivity index (χ0) is 15.7. The van der Waals surface area contributed by atoms with Crippen LogP contribution in [0.1, 0.15) is 15.2 Å². The second-order valence-electron chi connectivity index (χ2n) is 3.79. The second kappa shape index (κ2) is 5.68. The minimum Gasteiger partial charge on any atom is -0.477 e. The smallest absolute Gasteiger partial charge is 0.415 e. The summed E-state index contributed by atoms with van der Waals surface area (Å²) in [7, 11) is -4.31. The number of aryl methyl sites for hydroxylation is 1. The normalized spacial score (nSPS) is 14.2. The van der Waals surface area contributed by atoms with Gasteiger partial charge in [0.05, 0.1) is 0 Å². The molecule has 1 aromatic rings. The Morgan fingerprint density at radius 3 is 2.45 bits per heavy atom. The van der Waals surface area contributed by atoms with Gasteiger partial charge in [0.2, 0.25) is 10.0 Å². The SMILES string of the molecule is Cc1cc(S(=O)(=O)NCC(O)C(F)(F)F)sc1C(=O)O. The summed E-state index contributed by atoms with van der Waals surface area (Å²) in [5, 5.41) is 17.5. The topological polar surface area (TPSA) is 104 Å². The number of hydrogen-bond donors (Lipinski definition) is 3. The molecule has 0 aliphatic carbocycles. The van der Waals surface area contributed by atoms with Crippen molar-refractivity contribution in [1.29, 1.82) is 0 Å². The Balaban J connectivity index is 2.90. The summed E-state index contributed by atoms with van der Waals surface area (Å²) in [4.78, 5) is 10.5. The Kier molecular flexibility index (Phi) is 4.79. The predicted octanol–water partition coefficient (Wildman–Crippen LogP) is 0.956. The number of rotatable bonds is 5. The van der Waals surface area contributed by atoms with Crippen LogP contribution in [0.4, 0.5) is 13.2 Å². The van der Waals surface area contributed by atoms with Crippen LogP contribution in [0.15, 0.2) is 10.3 Å². The van der Waals surface area contributed by atoms with E-state index in [1.165, 1.54) is 6.92 Å². The number of nitrogens with one attached hydrogen (secondary N) is 1. The molecule has 1 atom stereocenters. The molecule has 1 unspecified atom stereocenters. The quantitative estimate of drug-likeness (QED) is 0.744. The van der Waals surface area contributed by atoms with Gasteiger partial charge in [-0.1, -0.05) is 0 Å². The lowest BCUT2D eigenvalue weighted by Gasteiger charge is -2.14. The van der Waals surface area contributed by atoms with Crippen LogP contribution >= 0.6 is 11.3 Å². The molecule has 0 aliphatic heterocycles. The second-order valence-corrected chi connectivity index (χ2v) is 6.84. The number of halogens is 3. The first-order chi connectivity index (χ1) is 8.95. The van der Waals surface area contributed by atoms with Crippen molar-refractivity contribution in [3.63, 3.8) is 0 Å². The molecule has 1 aromatic heterocycles. The first kappa shape index (κ1) is 16.9. The van der Waals surface area contributed by atoms with Gasteiger partial charge in [-0.25, -0.2) is 17.9 Å². The van der Waals surface area contributed by atoms with E-state index in [4.69, 9.17) is 10.2 Å². The van der Waals surface area contributed by atoms with Crippen molar-refractivity contribution in [3.05, 3.63) is 16.5 Å². The van der Waals surface area contributed by atoms with E-state index in [1.54, 1.807) is 4.72 Å². The Labute approximate surface area is 115 Å². The molecule has 0 aliphatic rings. The number of sulfonamides is 1. The van der Waals surface area contributed by atoms with Crippen LogP contribution in [-0.4, -0.2) is 43.4 Å². The summed E-state index contributed by atoms with van der Waals surface area (Å²) in [6, 6.07) is 1.04. The number of alkyl halides is 3. The molecule has 0 spiro atoms. The van der Waals surface area contributed by atoms with Crippen LogP contribution < -0.4 is 4.72 Å². The summed E-state index contributed by atoms with van der Waals surface area (Å²) in [5.74, 6) is -1.33. The summed E-state index contributed by atoms with van der Waals surface area (Å²) in [6.45, 7) is 0.120. The van der Waals surface area contributed by atoms with Crippen LogP contribution in [-0.2, 0) is 10.0 Å². The van der Waals surface area contributed by atoms with Gasteiger partial charge >= 0.3 is 12.1 Å². The molecule has 0 amide bonds. The average molecular weight is 333 g/mol. The molecular weight excluding hydrogens is 323 g/mol. The fourth-order valence-electron chi connectivity index (χ4n) is 1.17. The fourth-order valence-corrected chi connectivity index (χ4v) is 3.63. The Hall–Kier alpha value is -1.17. The number of aliphatic hydroxyl groups excluding tert-OH is 1. The molecule has 20 heavy (non-hydrogen) atoms. The fraction of sp³-hybridized carbons (Fsp3) is 0.444. The summed E-state index contributed by atoms with van der Waals surface area (Å²) in [5.41, 5.74) is 0.180. The predicted molar refractivity (Wildman–Crippen MR) is 63.3 cm³/mol. The number of aliphatic hydroxyl groups is 1. The van der Waals surface area contributed by atoms with Crippen molar-refractivity contribution in [3.8, 4) is 0 Å². The molecule has 0 aromatic carbocycles. The maximum absolute atomic E-state index is 12.0. The van der Waals surface area contributed by atoms with Crippen molar-refractivity contribution in [2.75, 3.05) is 6.54 Å². The van der Waals surface area contributed by atoms with Crippen molar-refractivity contribution < 1.29 is 36.6 Å². The zero-order valence-electron chi connectivity index (χ0n) is 9.93.